The van der Waals surface area contributed by atoms with Gasteiger partial charge in [-0.1, -0.05) is 25.4 Å². The number of rotatable bonds is 4. The van der Waals surface area contributed by atoms with Crippen molar-refractivity contribution in [2.45, 2.75) is 26.8 Å². The third kappa shape index (κ3) is 3.33. The van der Waals surface area contributed by atoms with Crippen molar-refractivity contribution in [1.82, 2.24) is 4.98 Å². The fourth-order valence-electron chi connectivity index (χ4n) is 1.44. The molecule has 0 aliphatic carbocycles. The molecule has 0 aliphatic heterocycles. The van der Waals surface area contributed by atoms with Gasteiger partial charge in [0.1, 0.15) is 11.0 Å². The lowest BCUT2D eigenvalue weighted by atomic mass is 10.1. The van der Waals surface area contributed by atoms with E-state index in [1.165, 1.54) is 12.1 Å². The highest BCUT2D eigenvalue weighted by Crippen LogP contribution is 2.21. The summed E-state index contributed by atoms with van der Waals surface area (Å²) in [6, 6.07) is 3.14. The van der Waals surface area contributed by atoms with Crippen LogP contribution in [0.2, 0.25) is 5.15 Å². The van der Waals surface area contributed by atoms with Crippen molar-refractivity contribution >= 4 is 23.4 Å². The Morgan fingerprint density at radius 3 is 2.47 bits per heavy atom. The van der Waals surface area contributed by atoms with Crippen molar-refractivity contribution in [3.05, 3.63) is 22.8 Å². The maximum atomic E-state index is 10.9. The molecule has 0 fully saturated rings. The molecule has 0 saturated heterocycles. The van der Waals surface area contributed by atoms with E-state index in [9.17, 15) is 4.79 Å². The monoisotopic (exact) mass is 256 g/mol. The van der Waals surface area contributed by atoms with Gasteiger partial charge in [-0.25, -0.2) is 9.78 Å². The number of carboxylic acid groups (broad SMARTS) is 1. The number of hydrogen-bond acceptors (Lipinski definition) is 3. The van der Waals surface area contributed by atoms with Crippen LogP contribution in [-0.2, 0) is 0 Å². The predicted molar refractivity (Wildman–Crippen MR) is 68.9 cm³/mol. The van der Waals surface area contributed by atoms with Gasteiger partial charge in [0, 0.05) is 13.1 Å². The van der Waals surface area contributed by atoms with Gasteiger partial charge in [0.05, 0.1) is 5.56 Å². The van der Waals surface area contributed by atoms with Crippen LogP contribution < -0.4 is 4.90 Å². The third-order valence-corrected chi connectivity index (χ3v) is 3.16. The van der Waals surface area contributed by atoms with E-state index in [0.29, 0.717) is 11.7 Å². The van der Waals surface area contributed by atoms with Gasteiger partial charge in [-0.15, -0.1) is 0 Å². The van der Waals surface area contributed by atoms with Gasteiger partial charge in [-0.05, 0) is 25.0 Å². The SMILES string of the molecule is CC(C)C(C)N(C)c1cc(C(=O)O)cc(Cl)n1. The summed E-state index contributed by atoms with van der Waals surface area (Å²) in [6.07, 6.45) is 0. The largest absolute Gasteiger partial charge is 0.478 e. The van der Waals surface area contributed by atoms with E-state index < -0.39 is 5.97 Å². The molecule has 0 radical (unpaired) electrons. The third-order valence-electron chi connectivity index (χ3n) is 2.96. The first kappa shape index (κ1) is 13.8. The first-order valence-electron chi connectivity index (χ1n) is 5.46. The first-order chi connectivity index (χ1) is 7.82. The van der Waals surface area contributed by atoms with Crippen LogP contribution >= 0.6 is 11.6 Å². The van der Waals surface area contributed by atoms with Crippen LogP contribution in [-0.4, -0.2) is 29.1 Å². The highest BCUT2D eigenvalue weighted by molar-refractivity contribution is 6.29. The minimum Gasteiger partial charge on any atom is -0.478 e. The molecule has 1 aromatic rings. The average Bonchev–Trinajstić information content (AvgIpc) is 2.25. The Hall–Kier alpha value is -1.29. The van der Waals surface area contributed by atoms with Crippen LogP contribution in [0.5, 0.6) is 0 Å². The van der Waals surface area contributed by atoms with Gasteiger partial charge < -0.3 is 10.0 Å². The van der Waals surface area contributed by atoms with Gasteiger partial charge in [0.25, 0.3) is 0 Å². The molecule has 0 amide bonds. The second kappa shape index (κ2) is 5.36. The van der Waals surface area contributed by atoms with Crippen molar-refractivity contribution in [2.24, 2.45) is 5.92 Å². The van der Waals surface area contributed by atoms with Crippen molar-refractivity contribution in [3.8, 4) is 0 Å². The molecular weight excluding hydrogens is 240 g/mol. The minimum atomic E-state index is -0.999. The number of nitrogens with zero attached hydrogens (tertiary/aromatic N) is 2. The molecule has 5 heteroatoms. The molecule has 4 nitrogen and oxygen atoms in total. The molecule has 1 N–H and O–H groups in total. The summed E-state index contributed by atoms with van der Waals surface area (Å²) in [6.45, 7) is 6.27. The van der Waals surface area contributed by atoms with Gasteiger partial charge in [0.2, 0.25) is 0 Å². The number of pyridine rings is 1. The number of halogens is 1. The molecule has 1 unspecified atom stereocenters. The summed E-state index contributed by atoms with van der Waals surface area (Å²) in [7, 11) is 1.88. The molecular formula is C12H17ClN2O2. The lowest BCUT2D eigenvalue weighted by Crippen LogP contribution is -2.33. The Morgan fingerprint density at radius 1 is 1.41 bits per heavy atom. The standard InChI is InChI=1S/C12H17ClN2O2/c1-7(2)8(3)15(4)11-6-9(12(16)17)5-10(13)14-11/h5-8H,1-4H3,(H,16,17). The normalized spacial score (nSPS) is 12.6. The van der Waals surface area contributed by atoms with Crippen LogP contribution in [0.3, 0.4) is 0 Å². The highest BCUT2D eigenvalue weighted by atomic mass is 35.5. The average molecular weight is 257 g/mol. The zero-order valence-electron chi connectivity index (χ0n) is 10.4. The number of hydrogen-bond donors (Lipinski definition) is 1. The van der Waals surface area contributed by atoms with E-state index in [0.717, 1.165) is 0 Å². The summed E-state index contributed by atoms with van der Waals surface area (Å²) < 4.78 is 0. The maximum absolute atomic E-state index is 10.9. The topological polar surface area (TPSA) is 53.4 Å². The van der Waals surface area contributed by atoms with E-state index in [-0.39, 0.29) is 16.8 Å². The van der Waals surface area contributed by atoms with E-state index >= 15 is 0 Å². The Labute approximate surface area is 106 Å². The van der Waals surface area contributed by atoms with Crippen LogP contribution in [0, 0.1) is 5.92 Å². The number of aromatic nitrogens is 1. The molecule has 0 saturated carbocycles. The molecule has 0 aliphatic rings. The second-order valence-corrected chi connectivity index (χ2v) is 4.82. The predicted octanol–water partition coefficient (Wildman–Crippen LogP) is 2.91. The summed E-state index contributed by atoms with van der Waals surface area (Å²) in [5.41, 5.74) is 0.155. The fraction of sp³-hybridized carbons (Fsp3) is 0.500. The van der Waals surface area contributed by atoms with E-state index in [4.69, 9.17) is 16.7 Å². The summed E-state index contributed by atoms with van der Waals surface area (Å²) in [5, 5.41) is 9.16. The van der Waals surface area contributed by atoms with Crippen LogP contribution in [0.4, 0.5) is 5.82 Å². The first-order valence-corrected chi connectivity index (χ1v) is 5.84. The summed E-state index contributed by atoms with van der Waals surface area (Å²) in [5.74, 6) is 0.0197. The number of anilines is 1. The Morgan fingerprint density at radius 2 is 2.00 bits per heavy atom. The molecule has 1 heterocycles. The zero-order valence-corrected chi connectivity index (χ0v) is 11.2. The Bertz CT molecular complexity index is 421. The highest BCUT2D eigenvalue weighted by Gasteiger charge is 2.17. The maximum Gasteiger partial charge on any atom is 0.335 e. The second-order valence-electron chi connectivity index (χ2n) is 4.44. The number of carboxylic acids is 1. The lowest BCUT2D eigenvalue weighted by Gasteiger charge is -2.29. The minimum absolute atomic E-state index is 0.155. The summed E-state index contributed by atoms with van der Waals surface area (Å²) in [4.78, 5) is 17.0. The summed E-state index contributed by atoms with van der Waals surface area (Å²) >= 11 is 5.82. The van der Waals surface area contributed by atoms with Crippen molar-refractivity contribution in [2.75, 3.05) is 11.9 Å². The molecule has 1 aromatic heterocycles. The van der Waals surface area contributed by atoms with E-state index in [1.54, 1.807) is 0 Å². The van der Waals surface area contributed by atoms with Gasteiger partial charge in [-0.2, -0.15) is 0 Å². The quantitative estimate of drug-likeness (QED) is 0.842. The van der Waals surface area contributed by atoms with Gasteiger partial charge in [0.15, 0.2) is 0 Å². The van der Waals surface area contributed by atoms with Crippen LogP contribution in [0.15, 0.2) is 12.1 Å². The molecule has 0 bridgehead atoms. The lowest BCUT2D eigenvalue weighted by molar-refractivity contribution is 0.0697. The molecule has 94 valence electrons. The van der Waals surface area contributed by atoms with Crippen LogP contribution in [0.1, 0.15) is 31.1 Å². The molecule has 0 aromatic carbocycles. The van der Waals surface area contributed by atoms with Gasteiger partial charge in [-0.3, -0.25) is 0 Å². The molecule has 17 heavy (non-hydrogen) atoms. The smallest absolute Gasteiger partial charge is 0.335 e. The Balaban J connectivity index is 3.09. The van der Waals surface area contributed by atoms with Crippen molar-refractivity contribution in [3.63, 3.8) is 0 Å². The number of aromatic carboxylic acids is 1. The fourth-order valence-corrected chi connectivity index (χ4v) is 1.65. The Kier molecular flexibility index (Phi) is 4.34. The van der Waals surface area contributed by atoms with Crippen molar-refractivity contribution < 1.29 is 9.90 Å². The van der Waals surface area contributed by atoms with E-state index in [2.05, 4.69) is 25.8 Å². The molecule has 1 atom stereocenters. The van der Waals surface area contributed by atoms with Gasteiger partial charge >= 0.3 is 5.97 Å². The van der Waals surface area contributed by atoms with Crippen molar-refractivity contribution in [1.29, 1.82) is 0 Å². The molecule has 1 rings (SSSR count). The number of carbonyl (C=O) groups is 1. The molecule has 0 spiro atoms. The van der Waals surface area contributed by atoms with Crippen LogP contribution in [0.25, 0.3) is 0 Å². The van der Waals surface area contributed by atoms with E-state index in [1.807, 2.05) is 11.9 Å². The zero-order chi connectivity index (χ0) is 13.2.